The van der Waals surface area contributed by atoms with Crippen molar-refractivity contribution >= 4 is 33.2 Å². The molecule has 0 aliphatic rings. The molecule has 0 radical (unpaired) electrons. The van der Waals surface area contributed by atoms with Gasteiger partial charge in [0.25, 0.3) is 5.91 Å². The Hall–Kier alpha value is -4.07. The Labute approximate surface area is 223 Å². The number of methoxy groups -OCH3 is 1. The first kappa shape index (κ1) is 27.0. The Balaban J connectivity index is 1.44. The second-order valence-corrected chi connectivity index (χ2v) is 11.3. The number of rotatable bonds is 10. The molecule has 0 spiro atoms. The van der Waals surface area contributed by atoms with Crippen molar-refractivity contribution in [2.75, 3.05) is 14.2 Å². The lowest BCUT2D eigenvalue weighted by molar-refractivity contribution is -0.144. The molecule has 11 nitrogen and oxygen atoms in total. The number of esters is 1. The average molecular weight is 556 g/mol. The Morgan fingerprint density at radius 3 is 2.45 bits per heavy atom. The molecule has 2 aromatic heterocycles. The highest BCUT2D eigenvalue weighted by Crippen LogP contribution is 2.31. The second-order valence-electron chi connectivity index (χ2n) is 8.20. The standard InChI is InChI=1S/C25H25N5O6S2/c1-26-24(32)18-7-5-17(6-8-18)22-11-12-23(37-22)38(34,35)27-14-19-15-30(29-28-19)21(25(33)36-2)13-16-3-9-20(31)10-4-16/h3-12,15,21,27,31H,13-14H2,1-2H3,(H,26,32). The fourth-order valence-corrected chi connectivity index (χ4v) is 5.97. The van der Waals surface area contributed by atoms with Crippen LogP contribution >= 0.6 is 11.3 Å². The molecule has 0 fully saturated rings. The summed E-state index contributed by atoms with van der Waals surface area (Å²) in [4.78, 5) is 24.9. The Morgan fingerprint density at radius 2 is 1.79 bits per heavy atom. The van der Waals surface area contributed by atoms with Crippen LogP contribution in [0.5, 0.6) is 5.75 Å². The first-order valence-corrected chi connectivity index (χ1v) is 13.7. The van der Waals surface area contributed by atoms with Gasteiger partial charge in [-0.05, 0) is 47.5 Å². The Bertz CT molecular complexity index is 1530. The van der Waals surface area contributed by atoms with E-state index >= 15 is 0 Å². The normalized spacial score (nSPS) is 12.2. The third kappa shape index (κ3) is 6.25. The number of sulfonamides is 1. The van der Waals surface area contributed by atoms with Gasteiger partial charge >= 0.3 is 5.97 Å². The van der Waals surface area contributed by atoms with Crippen molar-refractivity contribution in [2.45, 2.75) is 23.2 Å². The summed E-state index contributed by atoms with van der Waals surface area (Å²) >= 11 is 1.10. The van der Waals surface area contributed by atoms with Crippen LogP contribution in [-0.2, 0) is 32.5 Å². The monoisotopic (exact) mass is 555 g/mol. The first-order chi connectivity index (χ1) is 18.2. The van der Waals surface area contributed by atoms with Gasteiger partial charge in [0.05, 0.1) is 25.5 Å². The number of carbonyl (C=O) groups excluding carboxylic acids is 2. The van der Waals surface area contributed by atoms with Crippen LogP contribution < -0.4 is 10.0 Å². The van der Waals surface area contributed by atoms with E-state index in [1.165, 1.54) is 36.2 Å². The quantitative estimate of drug-likeness (QED) is 0.252. The number of phenols is 1. The van der Waals surface area contributed by atoms with Crippen molar-refractivity contribution in [3.05, 3.63) is 83.7 Å². The van der Waals surface area contributed by atoms with Crippen LogP contribution in [0.4, 0.5) is 0 Å². The predicted molar refractivity (Wildman–Crippen MR) is 140 cm³/mol. The van der Waals surface area contributed by atoms with E-state index in [-0.39, 0.29) is 28.8 Å². The highest BCUT2D eigenvalue weighted by atomic mass is 32.2. The summed E-state index contributed by atoms with van der Waals surface area (Å²) in [6.45, 7) is -0.135. The van der Waals surface area contributed by atoms with E-state index in [2.05, 4.69) is 20.4 Å². The van der Waals surface area contributed by atoms with E-state index in [0.29, 0.717) is 11.3 Å². The van der Waals surface area contributed by atoms with Crippen LogP contribution in [0, 0.1) is 0 Å². The molecule has 0 saturated carbocycles. The minimum atomic E-state index is -3.84. The molecule has 13 heteroatoms. The summed E-state index contributed by atoms with van der Waals surface area (Å²) in [6, 6.07) is 15.7. The molecule has 2 heterocycles. The van der Waals surface area contributed by atoms with Gasteiger partial charge in [-0.25, -0.2) is 22.6 Å². The number of aromatic nitrogens is 3. The third-order valence-corrected chi connectivity index (χ3v) is 8.69. The van der Waals surface area contributed by atoms with Crippen molar-refractivity contribution in [1.82, 2.24) is 25.0 Å². The van der Waals surface area contributed by atoms with Crippen molar-refractivity contribution in [3.63, 3.8) is 0 Å². The number of nitrogens with zero attached hydrogens (tertiary/aromatic N) is 3. The fourth-order valence-electron chi connectivity index (χ4n) is 3.61. The lowest BCUT2D eigenvalue weighted by atomic mass is 10.1. The molecular formula is C25H25N5O6S2. The summed E-state index contributed by atoms with van der Waals surface area (Å²) in [6.07, 6.45) is 1.72. The van der Waals surface area contributed by atoms with Crippen molar-refractivity contribution in [3.8, 4) is 16.2 Å². The first-order valence-electron chi connectivity index (χ1n) is 11.4. The molecule has 1 unspecified atom stereocenters. The molecule has 3 N–H and O–H groups in total. The van der Waals surface area contributed by atoms with Crippen LogP contribution in [0.25, 0.3) is 10.4 Å². The van der Waals surface area contributed by atoms with Crippen molar-refractivity contribution < 1.29 is 27.9 Å². The molecule has 38 heavy (non-hydrogen) atoms. The van der Waals surface area contributed by atoms with Gasteiger partial charge in [0.2, 0.25) is 10.0 Å². The lowest BCUT2D eigenvalue weighted by Gasteiger charge is -2.14. The highest BCUT2D eigenvalue weighted by molar-refractivity contribution is 7.91. The number of phenolic OH excluding ortho intramolecular Hbond substituents is 1. The number of thiophene rings is 1. The van der Waals surface area contributed by atoms with Gasteiger partial charge in [0, 0.05) is 23.9 Å². The molecule has 0 saturated heterocycles. The maximum Gasteiger partial charge on any atom is 0.331 e. The maximum atomic E-state index is 12.9. The molecular weight excluding hydrogens is 530 g/mol. The summed E-state index contributed by atoms with van der Waals surface area (Å²) < 4.78 is 34.6. The van der Waals surface area contributed by atoms with E-state index in [9.17, 15) is 23.1 Å². The number of carbonyl (C=O) groups is 2. The van der Waals surface area contributed by atoms with Crippen molar-refractivity contribution in [1.29, 1.82) is 0 Å². The van der Waals surface area contributed by atoms with Gasteiger partial charge < -0.3 is 15.2 Å². The molecule has 1 amide bonds. The number of benzene rings is 2. The summed E-state index contributed by atoms with van der Waals surface area (Å²) in [5, 5.41) is 20.0. The van der Waals surface area contributed by atoms with Gasteiger partial charge in [-0.2, -0.15) is 0 Å². The second kappa shape index (κ2) is 11.5. The summed E-state index contributed by atoms with van der Waals surface area (Å²) in [5.74, 6) is -0.634. The van der Waals surface area contributed by atoms with E-state index in [4.69, 9.17) is 4.74 Å². The van der Waals surface area contributed by atoms with E-state index in [1.807, 2.05) is 0 Å². The zero-order chi connectivity index (χ0) is 27.3. The molecule has 1 atom stereocenters. The molecule has 0 aliphatic heterocycles. The third-order valence-electron chi connectivity index (χ3n) is 5.66. The van der Waals surface area contributed by atoms with Gasteiger partial charge in [0.1, 0.15) is 9.96 Å². The SMILES string of the molecule is CNC(=O)c1ccc(-c2ccc(S(=O)(=O)NCc3cn(C(Cc4ccc(O)cc4)C(=O)OC)nn3)s2)cc1. The number of aromatic hydroxyl groups is 1. The Kier molecular flexibility index (Phi) is 8.20. The van der Waals surface area contributed by atoms with Crippen molar-refractivity contribution in [2.24, 2.45) is 0 Å². The van der Waals surface area contributed by atoms with Gasteiger partial charge in [0.15, 0.2) is 6.04 Å². The minimum absolute atomic E-state index is 0.107. The molecule has 4 rings (SSSR count). The van der Waals surface area contributed by atoms with Crippen LogP contribution in [0.15, 0.2) is 71.1 Å². The van der Waals surface area contributed by atoms with E-state index in [0.717, 1.165) is 27.3 Å². The summed E-state index contributed by atoms with van der Waals surface area (Å²) in [5.41, 5.74) is 2.38. The topological polar surface area (TPSA) is 153 Å². The molecule has 2 aromatic carbocycles. The predicted octanol–water partition coefficient (Wildman–Crippen LogP) is 2.51. The number of hydrogen-bond donors (Lipinski definition) is 3. The minimum Gasteiger partial charge on any atom is -0.508 e. The van der Waals surface area contributed by atoms with Crippen LogP contribution in [-0.4, -0.2) is 54.6 Å². The number of ether oxygens (including phenoxy) is 1. The molecule has 0 aliphatic carbocycles. The number of nitrogens with one attached hydrogen (secondary N) is 2. The van der Waals surface area contributed by atoms with Crippen LogP contribution in [0.3, 0.4) is 0 Å². The average Bonchev–Trinajstić information content (AvgIpc) is 3.62. The highest BCUT2D eigenvalue weighted by Gasteiger charge is 2.24. The van der Waals surface area contributed by atoms with Gasteiger partial charge in [-0.1, -0.05) is 29.5 Å². The van der Waals surface area contributed by atoms with Crippen LogP contribution in [0.1, 0.15) is 27.7 Å². The smallest absolute Gasteiger partial charge is 0.331 e. The lowest BCUT2D eigenvalue weighted by Crippen LogP contribution is -2.24. The zero-order valence-corrected chi connectivity index (χ0v) is 22.1. The molecule has 0 bridgehead atoms. The zero-order valence-electron chi connectivity index (χ0n) is 20.5. The molecule has 4 aromatic rings. The largest absolute Gasteiger partial charge is 0.508 e. The Morgan fingerprint density at radius 1 is 1.08 bits per heavy atom. The van der Waals surface area contributed by atoms with Gasteiger partial charge in [-0.3, -0.25) is 4.79 Å². The summed E-state index contributed by atoms with van der Waals surface area (Å²) in [7, 11) is -1.03. The van der Waals surface area contributed by atoms with Crippen LogP contribution in [0.2, 0.25) is 0 Å². The fraction of sp³-hybridized carbons (Fsp3) is 0.200. The number of hydrogen-bond acceptors (Lipinski definition) is 9. The van der Waals surface area contributed by atoms with Gasteiger partial charge in [-0.15, -0.1) is 16.4 Å². The molecule has 198 valence electrons. The number of amides is 1. The van der Waals surface area contributed by atoms with E-state index < -0.39 is 22.0 Å². The van der Waals surface area contributed by atoms with E-state index in [1.54, 1.807) is 49.5 Å². The maximum absolute atomic E-state index is 12.9.